The van der Waals surface area contributed by atoms with Gasteiger partial charge < -0.3 is 5.32 Å². The van der Waals surface area contributed by atoms with Crippen LogP contribution in [0.15, 0.2) is 42.6 Å². The molecule has 0 fully saturated rings. The van der Waals surface area contributed by atoms with Crippen LogP contribution in [-0.4, -0.2) is 23.0 Å². The molecule has 0 bridgehead atoms. The van der Waals surface area contributed by atoms with Crippen molar-refractivity contribution in [3.63, 3.8) is 0 Å². The number of aromatic nitrogens is 2. The second-order valence-corrected chi connectivity index (χ2v) is 7.73. The van der Waals surface area contributed by atoms with Crippen molar-refractivity contribution in [2.24, 2.45) is 0 Å². The number of benzene rings is 2. The average Bonchev–Trinajstić information content (AvgIpc) is 2.68. The molecule has 6 nitrogen and oxygen atoms in total. The van der Waals surface area contributed by atoms with Crippen LogP contribution in [0.1, 0.15) is 22.3 Å². The first-order valence-corrected chi connectivity index (χ1v) is 9.73. The number of rotatable bonds is 3. The molecule has 0 saturated heterocycles. The monoisotopic (exact) mass is 407 g/mol. The molecule has 29 heavy (non-hydrogen) atoms. The summed E-state index contributed by atoms with van der Waals surface area (Å²) < 4.78 is 0. The minimum atomic E-state index is -0.176. The van der Waals surface area contributed by atoms with Crippen LogP contribution in [0.5, 0.6) is 0 Å². The molecule has 4 rings (SSSR count). The smallest absolute Gasteiger partial charge is 0.324 e. The van der Waals surface area contributed by atoms with Gasteiger partial charge in [0, 0.05) is 24.5 Å². The molecule has 7 heteroatoms. The van der Waals surface area contributed by atoms with Crippen LogP contribution >= 0.6 is 11.6 Å². The van der Waals surface area contributed by atoms with Gasteiger partial charge in [-0.15, -0.1) is 0 Å². The number of carbonyl (C=O) groups excluding carboxylic acids is 1. The highest BCUT2D eigenvalue weighted by Gasteiger charge is 2.32. The van der Waals surface area contributed by atoms with Gasteiger partial charge in [-0.1, -0.05) is 41.4 Å². The van der Waals surface area contributed by atoms with Gasteiger partial charge in [-0.2, -0.15) is 4.98 Å². The third-order valence-electron chi connectivity index (χ3n) is 5.09. The first-order valence-electron chi connectivity index (χ1n) is 9.35. The number of nitrogens with zero attached hydrogens (tertiary/aromatic N) is 4. The number of anilines is 4. The van der Waals surface area contributed by atoms with Crippen LogP contribution in [-0.2, 0) is 6.54 Å². The molecule has 0 unspecified atom stereocenters. The van der Waals surface area contributed by atoms with Gasteiger partial charge >= 0.3 is 6.03 Å². The lowest BCUT2D eigenvalue weighted by atomic mass is 10.1. The zero-order valence-electron chi connectivity index (χ0n) is 16.8. The van der Waals surface area contributed by atoms with E-state index in [9.17, 15) is 4.79 Å². The molecule has 0 spiro atoms. The Morgan fingerprint density at radius 3 is 2.62 bits per heavy atom. The van der Waals surface area contributed by atoms with Gasteiger partial charge in [-0.05, 0) is 44.0 Å². The number of carbonyl (C=O) groups is 1. The quantitative estimate of drug-likeness (QED) is 0.633. The Bertz CT molecular complexity index is 1090. The van der Waals surface area contributed by atoms with E-state index in [4.69, 9.17) is 11.6 Å². The molecule has 2 amide bonds. The third kappa shape index (κ3) is 3.51. The Kier molecular flexibility index (Phi) is 4.88. The maximum atomic E-state index is 13.1. The highest BCUT2D eigenvalue weighted by molar-refractivity contribution is 6.34. The first-order chi connectivity index (χ1) is 13.8. The molecule has 3 aromatic rings. The molecule has 0 radical (unpaired) electrons. The number of nitrogens with one attached hydrogen (secondary N) is 1. The highest BCUT2D eigenvalue weighted by Crippen LogP contribution is 2.36. The number of aryl methyl sites for hydroxylation is 3. The predicted octanol–water partition coefficient (Wildman–Crippen LogP) is 5.38. The summed E-state index contributed by atoms with van der Waals surface area (Å²) in [6.45, 7) is 6.40. The molecule has 0 saturated carbocycles. The summed E-state index contributed by atoms with van der Waals surface area (Å²) in [4.78, 5) is 25.3. The van der Waals surface area contributed by atoms with Crippen molar-refractivity contribution in [1.82, 2.24) is 9.97 Å². The fourth-order valence-corrected chi connectivity index (χ4v) is 3.91. The van der Waals surface area contributed by atoms with Crippen LogP contribution < -0.4 is 15.1 Å². The molecule has 1 aliphatic rings. The van der Waals surface area contributed by atoms with Crippen LogP contribution in [0, 0.1) is 20.8 Å². The van der Waals surface area contributed by atoms with E-state index < -0.39 is 0 Å². The summed E-state index contributed by atoms with van der Waals surface area (Å²) in [5.41, 5.74) is 5.76. The van der Waals surface area contributed by atoms with Crippen molar-refractivity contribution in [3.05, 3.63) is 69.9 Å². The van der Waals surface area contributed by atoms with Crippen molar-refractivity contribution < 1.29 is 4.79 Å². The van der Waals surface area contributed by atoms with E-state index in [2.05, 4.69) is 28.3 Å². The molecule has 0 aliphatic carbocycles. The molecule has 2 aromatic carbocycles. The van der Waals surface area contributed by atoms with Crippen molar-refractivity contribution in [3.8, 4) is 0 Å². The summed E-state index contributed by atoms with van der Waals surface area (Å²) in [6.07, 6.45) is 1.76. The minimum absolute atomic E-state index is 0.176. The maximum Gasteiger partial charge on any atom is 0.330 e. The van der Waals surface area contributed by atoms with Crippen molar-refractivity contribution >= 4 is 40.8 Å². The molecule has 148 valence electrons. The van der Waals surface area contributed by atoms with Crippen LogP contribution in [0.4, 0.5) is 27.9 Å². The summed E-state index contributed by atoms with van der Waals surface area (Å²) in [5.74, 6) is 1.05. The Morgan fingerprint density at radius 2 is 1.90 bits per heavy atom. The lowest BCUT2D eigenvalue weighted by molar-refractivity contribution is 0.251. The van der Waals surface area contributed by atoms with E-state index in [1.54, 1.807) is 24.2 Å². The zero-order valence-corrected chi connectivity index (χ0v) is 17.6. The average molecular weight is 408 g/mol. The van der Waals surface area contributed by atoms with Gasteiger partial charge in [-0.3, -0.25) is 9.80 Å². The molecular weight excluding hydrogens is 386 g/mol. The first kappa shape index (κ1) is 19.2. The fraction of sp³-hybridized carbons (Fsp3) is 0.227. The molecular formula is C22H22ClN5O. The molecule has 1 aromatic heterocycles. The Balaban J connectivity index is 1.67. The number of amides is 2. The van der Waals surface area contributed by atoms with Crippen LogP contribution in [0.2, 0.25) is 5.02 Å². The number of hydrogen-bond donors (Lipinski definition) is 1. The van der Waals surface area contributed by atoms with Crippen LogP contribution in [0.25, 0.3) is 0 Å². The Morgan fingerprint density at radius 1 is 1.10 bits per heavy atom. The van der Waals surface area contributed by atoms with Gasteiger partial charge in [0.1, 0.15) is 5.82 Å². The van der Waals surface area contributed by atoms with Crippen molar-refractivity contribution in [1.29, 1.82) is 0 Å². The summed E-state index contributed by atoms with van der Waals surface area (Å²) in [7, 11) is 1.72. The number of fused-ring (bicyclic) bond motifs is 1. The van der Waals surface area contributed by atoms with E-state index >= 15 is 0 Å². The van der Waals surface area contributed by atoms with E-state index in [0.717, 1.165) is 22.4 Å². The van der Waals surface area contributed by atoms with Gasteiger partial charge in [0.2, 0.25) is 5.95 Å². The number of para-hydroxylation sites is 1. The highest BCUT2D eigenvalue weighted by atomic mass is 35.5. The van der Waals surface area contributed by atoms with Gasteiger partial charge in [0.05, 0.1) is 17.3 Å². The lowest BCUT2D eigenvalue weighted by Gasteiger charge is -2.35. The second kappa shape index (κ2) is 7.37. The summed E-state index contributed by atoms with van der Waals surface area (Å²) >= 11 is 6.39. The van der Waals surface area contributed by atoms with E-state index in [-0.39, 0.29) is 6.03 Å². The van der Waals surface area contributed by atoms with Gasteiger partial charge in [-0.25, -0.2) is 9.78 Å². The standard InChI is InChI=1S/C22H22ClN5O/c1-13-8-9-18(15(3)10-13)25-21-24-11-16-12-28(22(29)27(4)20(16)26-21)19-14(2)6-5-7-17(19)23/h5-11H,12H2,1-4H3,(H,24,25,26). The largest absolute Gasteiger partial charge is 0.330 e. The van der Waals surface area contributed by atoms with E-state index in [1.165, 1.54) is 10.5 Å². The third-order valence-corrected chi connectivity index (χ3v) is 5.40. The SMILES string of the molecule is Cc1ccc(Nc2ncc3c(n2)N(C)C(=O)N(c2c(C)cccc2Cl)C3)c(C)c1. The number of urea groups is 1. The molecule has 2 heterocycles. The summed E-state index contributed by atoms with van der Waals surface area (Å²) in [6, 6.07) is 11.6. The van der Waals surface area contributed by atoms with Crippen molar-refractivity contribution in [2.45, 2.75) is 27.3 Å². The van der Waals surface area contributed by atoms with Crippen LogP contribution in [0.3, 0.4) is 0 Å². The van der Waals surface area contributed by atoms with Gasteiger partial charge in [0.25, 0.3) is 0 Å². The molecule has 1 aliphatic heterocycles. The minimum Gasteiger partial charge on any atom is -0.324 e. The van der Waals surface area contributed by atoms with E-state index in [1.807, 2.05) is 38.1 Å². The predicted molar refractivity (Wildman–Crippen MR) is 117 cm³/mol. The number of hydrogen-bond acceptors (Lipinski definition) is 4. The van der Waals surface area contributed by atoms with Gasteiger partial charge in [0.15, 0.2) is 0 Å². The lowest BCUT2D eigenvalue weighted by Crippen LogP contribution is -2.46. The molecule has 0 atom stereocenters. The van der Waals surface area contributed by atoms with E-state index in [0.29, 0.717) is 29.0 Å². The topological polar surface area (TPSA) is 61.4 Å². The maximum absolute atomic E-state index is 13.1. The summed E-state index contributed by atoms with van der Waals surface area (Å²) in [5, 5.41) is 3.80. The van der Waals surface area contributed by atoms with Crippen molar-refractivity contribution in [2.75, 3.05) is 22.2 Å². The second-order valence-electron chi connectivity index (χ2n) is 7.32. The zero-order chi connectivity index (χ0) is 20.7. The number of halogens is 1. The Hall–Kier alpha value is -3.12. The Labute approximate surface area is 175 Å². The molecule has 1 N–H and O–H groups in total. The normalized spacial score (nSPS) is 13.5. The fourth-order valence-electron chi connectivity index (χ4n) is 3.58.